The maximum Gasteiger partial charge on any atom is 0.293 e. The number of nitrogens with one attached hydrogen (secondary N) is 1. The molecule has 2 aromatic rings. The molecule has 1 N–H and O–H groups in total. The van der Waals surface area contributed by atoms with Gasteiger partial charge in [-0.2, -0.15) is 5.26 Å². The smallest absolute Gasteiger partial charge is 0.293 e. The number of benzene rings is 2. The van der Waals surface area contributed by atoms with Crippen molar-refractivity contribution in [3.63, 3.8) is 0 Å². The monoisotopic (exact) mass is 305 g/mol. The van der Waals surface area contributed by atoms with Gasteiger partial charge in [-0.15, -0.1) is 0 Å². The van der Waals surface area contributed by atoms with Crippen molar-refractivity contribution in [2.45, 2.75) is 6.54 Å². The Morgan fingerprint density at radius 2 is 2.10 bits per heavy atom. The lowest BCUT2D eigenvalue weighted by Crippen LogP contribution is -2.03. The summed E-state index contributed by atoms with van der Waals surface area (Å²) in [6, 6.07) is 9.89. The maximum absolute atomic E-state index is 12.9. The Balaban J connectivity index is 2.24. The van der Waals surface area contributed by atoms with E-state index in [9.17, 15) is 14.5 Å². The van der Waals surface area contributed by atoms with Crippen LogP contribution in [0.3, 0.4) is 0 Å². The number of nitrogens with zero attached hydrogens (tertiary/aromatic N) is 2. The van der Waals surface area contributed by atoms with E-state index in [1.165, 1.54) is 36.4 Å². The van der Waals surface area contributed by atoms with Gasteiger partial charge in [-0.05, 0) is 29.8 Å². The molecule has 0 aliphatic carbocycles. The molecule has 7 heteroatoms. The van der Waals surface area contributed by atoms with Crippen molar-refractivity contribution in [3.8, 4) is 6.07 Å². The van der Waals surface area contributed by atoms with Gasteiger partial charge in [-0.1, -0.05) is 17.7 Å². The molecule has 0 bridgehead atoms. The Bertz CT molecular complexity index is 743. The molecule has 0 spiro atoms. The molecule has 0 heterocycles. The fourth-order valence-electron chi connectivity index (χ4n) is 1.76. The number of halogens is 2. The molecule has 0 aliphatic heterocycles. The van der Waals surface area contributed by atoms with E-state index in [2.05, 4.69) is 5.32 Å². The zero-order valence-electron chi connectivity index (χ0n) is 10.6. The average Bonchev–Trinajstić information content (AvgIpc) is 2.46. The summed E-state index contributed by atoms with van der Waals surface area (Å²) in [5.74, 6) is -0.451. The molecule has 5 nitrogen and oxygen atoms in total. The zero-order chi connectivity index (χ0) is 15.4. The second-order valence-corrected chi connectivity index (χ2v) is 4.60. The lowest BCUT2D eigenvalue weighted by atomic mass is 10.1. The maximum atomic E-state index is 12.9. The minimum Gasteiger partial charge on any atom is -0.375 e. The van der Waals surface area contributed by atoms with Crippen LogP contribution in [0.2, 0.25) is 5.02 Å². The fourth-order valence-corrected chi connectivity index (χ4v) is 1.99. The van der Waals surface area contributed by atoms with Gasteiger partial charge in [0.15, 0.2) is 0 Å². The van der Waals surface area contributed by atoms with Crippen molar-refractivity contribution in [3.05, 3.63) is 68.5 Å². The third-order valence-corrected chi connectivity index (χ3v) is 3.16. The highest BCUT2D eigenvalue weighted by atomic mass is 35.5. The van der Waals surface area contributed by atoms with Gasteiger partial charge in [-0.3, -0.25) is 10.1 Å². The standard InChI is InChI=1S/C14H9ClFN3O2/c15-12-6-11(16)3-2-10(12)8-18-13-4-1-9(7-17)5-14(13)19(20)21/h1-6,18H,8H2. The predicted octanol–water partition coefficient (Wildman–Crippen LogP) is 3.87. The highest BCUT2D eigenvalue weighted by Crippen LogP contribution is 2.27. The molecule has 2 rings (SSSR count). The summed E-state index contributed by atoms with van der Waals surface area (Å²) in [5, 5.41) is 22.9. The molecule has 0 saturated carbocycles. The van der Waals surface area contributed by atoms with Crippen LogP contribution in [0.5, 0.6) is 0 Å². The van der Waals surface area contributed by atoms with Crippen LogP contribution in [0.4, 0.5) is 15.8 Å². The Morgan fingerprint density at radius 1 is 1.33 bits per heavy atom. The number of hydrogen-bond acceptors (Lipinski definition) is 4. The van der Waals surface area contributed by atoms with Gasteiger partial charge in [0.2, 0.25) is 0 Å². The summed E-state index contributed by atoms with van der Waals surface area (Å²) in [6.45, 7) is 0.200. The molecule has 2 aromatic carbocycles. The number of nitro groups is 1. The number of nitro benzene ring substituents is 1. The average molecular weight is 306 g/mol. The summed E-state index contributed by atoms with van der Waals surface area (Å²) in [7, 11) is 0. The Labute approximate surface area is 124 Å². The van der Waals surface area contributed by atoms with E-state index in [4.69, 9.17) is 16.9 Å². The highest BCUT2D eigenvalue weighted by molar-refractivity contribution is 6.31. The first kappa shape index (κ1) is 14.8. The van der Waals surface area contributed by atoms with Gasteiger partial charge < -0.3 is 5.32 Å². The van der Waals surface area contributed by atoms with Crippen molar-refractivity contribution in [1.82, 2.24) is 0 Å². The van der Waals surface area contributed by atoms with E-state index in [1.807, 2.05) is 6.07 Å². The lowest BCUT2D eigenvalue weighted by molar-refractivity contribution is -0.384. The van der Waals surface area contributed by atoms with E-state index in [0.29, 0.717) is 5.56 Å². The van der Waals surface area contributed by atoms with Crippen LogP contribution in [0.1, 0.15) is 11.1 Å². The van der Waals surface area contributed by atoms with E-state index in [-0.39, 0.29) is 28.5 Å². The number of hydrogen-bond donors (Lipinski definition) is 1. The molecular formula is C14H9ClFN3O2. The number of anilines is 1. The fraction of sp³-hybridized carbons (Fsp3) is 0.0714. The quantitative estimate of drug-likeness (QED) is 0.687. The van der Waals surface area contributed by atoms with Crippen molar-refractivity contribution in [2.24, 2.45) is 0 Å². The molecule has 21 heavy (non-hydrogen) atoms. The van der Waals surface area contributed by atoms with E-state index in [1.54, 1.807) is 0 Å². The lowest BCUT2D eigenvalue weighted by Gasteiger charge is -2.09. The third-order valence-electron chi connectivity index (χ3n) is 2.81. The summed E-state index contributed by atoms with van der Waals surface area (Å²) in [4.78, 5) is 10.4. The highest BCUT2D eigenvalue weighted by Gasteiger charge is 2.14. The number of nitriles is 1. The van der Waals surface area contributed by atoms with Gasteiger partial charge in [0, 0.05) is 17.6 Å². The van der Waals surface area contributed by atoms with E-state index >= 15 is 0 Å². The first-order valence-corrected chi connectivity index (χ1v) is 6.25. The van der Waals surface area contributed by atoms with Crippen LogP contribution in [0.25, 0.3) is 0 Å². The Hall–Kier alpha value is -2.65. The van der Waals surface area contributed by atoms with Gasteiger partial charge in [0.05, 0.1) is 16.6 Å². The van der Waals surface area contributed by atoms with Crippen molar-refractivity contribution in [1.29, 1.82) is 5.26 Å². The minimum absolute atomic E-state index is 0.200. The van der Waals surface area contributed by atoms with Gasteiger partial charge >= 0.3 is 0 Å². The van der Waals surface area contributed by atoms with Crippen LogP contribution in [0.15, 0.2) is 36.4 Å². The van der Waals surface area contributed by atoms with Crippen LogP contribution < -0.4 is 5.32 Å². The SMILES string of the molecule is N#Cc1ccc(NCc2ccc(F)cc2Cl)c([N+](=O)[O-])c1. The molecule has 106 valence electrons. The molecule has 0 fully saturated rings. The number of rotatable bonds is 4. The van der Waals surface area contributed by atoms with Crippen molar-refractivity contribution >= 4 is 23.0 Å². The van der Waals surface area contributed by atoms with E-state index < -0.39 is 10.7 Å². The molecule has 0 aliphatic rings. The van der Waals surface area contributed by atoms with Crippen LogP contribution in [-0.2, 0) is 6.54 Å². The van der Waals surface area contributed by atoms with Gasteiger partial charge in [0.1, 0.15) is 11.5 Å². The van der Waals surface area contributed by atoms with Gasteiger partial charge in [0.25, 0.3) is 5.69 Å². The summed E-state index contributed by atoms with van der Waals surface area (Å²) < 4.78 is 12.9. The van der Waals surface area contributed by atoms with Crippen LogP contribution >= 0.6 is 11.6 Å². The van der Waals surface area contributed by atoms with Crippen LogP contribution in [0, 0.1) is 27.3 Å². The Morgan fingerprint density at radius 3 is 2.71 bits per heavy atom. The molecule has 0 amide bonds. The van der Waals surface area contributed by atoms with Crippen molar-refractivity contribution in [2.75, 3.05) is 5.32 Å². The topological polar surface area (TPSA) is 79.0 Å². The third kappa shape index (κ3) is 3.46. The second kappa shape index (κ2) is 6.20. The normalized spacial score (nSPS) is 9.95. The molecule has 0 radical (unpaired) electrons. The molecule has 0 unspecified atom stereocenters. The molecular weight excluding hydrogens is 297 g/mol. The first-order chi connectivity index (χ1) is 10.0. The predicted molar refractivity (Wildman–Crippen MR) is 76.5 cm³/mol. The minimum atomic E-state index is -0.574. The second-order valence-electron chi connectivity index (χ2n) is 4.19. The molecule has 0 aromatic heterocycles. The summed E-state index contributed by atoms with van der Waals surface area (Å²) in [6.07, 6.45) is 0. The van der Waals surface area contributed by atoms with E-state index in [0.717, 1.165) is 0 Å². The first-order valence-electron chi connectivity index (χ1n) is 5.87. The van der Waals surface area contributed by atoms with Crippen LogP contribution in [-0.4, -0.2) is 4.92 Å². The summed E-state index contributed by atoms with van der Waals surface area (Å²) >= 11 is 5.89. The zero-order valence-corrected chi connectivity index (χ0v) is 11.4. The molecule has 0 saturated heterocycles. The van der Waals surface area contributed by atoms with Gasteiger partial charge in [-0.25, -0.2) is 4.39 Å². The molecule has 0 atom stereocenters. The Kier molecular flexibility index (Phi) is 4.36. The van der Waals surface area contributed by atoms with Crippen molar-refractivity contribution < 1.29 is 9.31 Å². The summed E-state index contributed by atoms with van der Waals surface area (Å²) in [5.41, 5.74) is 0.871. The largest absolute Gasteiger partial charge is 0.375 e.